The van der Waals surface area contributed by atoms with E-state index < -0.39 is 0 Å². The summed E-state index contributed by atoms with van der Waals surface area (Å²) < 4.78 is 1.98. The molecule has 0 saturated heterocycles. The van der Waals surface area contributed by atoms with Gasteiger partial charge in [0.25, 0.3) is 0 Å². The lowest BCUT2D eigenvalue weighted by Gasteiger charge is -2.25. The molecular formula is C13H24N2O. The summed E-state index contributed by atoms with van der Waals surface area (Å²) in [6.45, 7) is 10.4. The summed E-state index contributed by atoms with van der Waals surface area (Å²) in [5.41, 5.74) is 0.892. The van der Waals surface area contributed by atoms with Crippen molar-refractivity contribution in [3.63, 3.8) is 0 Å². The lowest BCUT2D eigenvalue weighted by Crippen LogP contribution is -2.28. The Hall–Kier alpha value is -0.830. The zero-order chi connectivity index (χ0) is 12.3. The smallest absolute Gasteiger partial charge is 0.0650 e. The number of aliphatic hydroxyl groups excluding tert-OH is 1. The number of hydrogen-bond donors (Lipinski definition) is 1. The van der Waals surface area contributed by atoms with E-state index in [0.29, 0.717) is 12.5 Å². The highest BCUT2D eigenvalue weighted by Gasteiger charge is 2.23. The first kappa shape index (κ1) is 13.2. The average Bonchev–Trinajstić information content (AvgIpc) is 2.63. The number of aromatic nitrogens is 2. The Labute approximate surface area is 98.5 Å². The number of hydrogen-bond acceptors (Lipinski definition) is 2. The lowest BCUT2D eigenvalue weighted by molar-refractivity contribution is 0.0626. The topological polar surface area (TPSA) is 38.0 Å². The van der Waals surface area contributed by atoms with Crippen molar-refractivity contribution in [3.05, 3.63) is 18.0 Å². The molecule has 0 aromatic carbocycles. The summed E-state index contributed by atoms with van der Waals surface area (Å²) in [7, 11) is 0. The molecular weight excluding hydrogens is 200 g/mol. The van der Waals surface area contributed by atoms with E-state index in [-0.39, 0.29) is 11.5 Å². The summed E-state index contributed by atoms with van der Waals surface area (Å²) in [4.78, 5) is 0. The predicted molar refractivity (Wildman–Crippen MR) is 66.4 cm³/mol. The Morgan fingerprint density at radius 3 is 2.56 bits per heavy atom. The van der Waals surface area contributed by atoms with Gasteiger partial charge in [-0.1, -0.05) is 27.7 Å². The van der Waals surface area contributed by atoms with Gasteiger partial charge in [-0.25, -0.2) is 0 Å². The molecule has 0 radical (unpaired) electrons. The van der Waals surface area contributed by atoms with Gasteiger partial charge in [0.1, 0.15) is 0 Å². The van der Waals surface area contributed by atoms with Crippen LogP contribution in [-0.2, 0) is 6.42 Å². The fourth-order valence-electron chi connectivity index (χ4n) is 1.42. The number of rotatable bonds is 4. The van der Waals surface area contributed by atoms with Crippen LogP contribution >= 0.6 is 0 Å². The minimum atomic E-state index is -0.340. The van der Waals surface area contributed by atoms with E-state index in [1.807, 2.05) is 37.7 Å². The molecule has 3 nitrogen and oxygen atoms in total. The molecule has 0 aliphatic carbocycles. The fraction of sp³-hybridized carbons (Fsp3) is 0.769. The Morgan fingerprint density at radius 1 is 1.44 bits per heavy atom. The van der Waals surface area contributed by atoms with Gasteiger partial charge in [0, 0.05) is 18.7 Å². The summed E-state index contributed by atoms with van der Waals surface area (Å²) in [6.07, 6.45) is 3.36. The largest absolute Gasteiger partial charge is 0.392 e. The average molecular weight is 224 g/mol. The highest BCUT2D eigenvalue weighted by molar-refractivity contribution is 5.02. The first-order valence-corrected chi connectivity index (χ1v) is 6.06. The van der Waals surface area contributed by atoms with E-state index >= 15 is 0 Å². The van der Waals surface area contributed by atoms with Crippen molar-refractivity contribution in [1.82, 2.24) is 9.78 Å². The molecule has 3 heteroatoms. The summed E-state index contributed by atoms with van der Waals surface area (Å²) in [5.74, 6) is 0. The van der Waals surface area contributed by atoms with Crippen LogP contribution in [0.4, 0.5) is 0 Å². The van der Waals surface area contributed by atoms with Crippen molar-refractivity contribution in [1.29, 1.82) is 0 Å². The highest BCUT2D eigenvalue weighted by atomic mass is 16.3. The molecule has 0 aliphatic heterocycles. The first-order chi connectivity index (χ1) is 7.34. The van der Waals surface area contributed by atoms with Crippen LogP contribution in [0.25, 0.3) is 0 Å². The summed E-state index contributed by atoms with van der Waals surface area (Å²) in [6, 6.07) is 2.43. The Kier molecular flexibility index (Phi) is 4.14. The second-order valence-electron chi connectivity index (χ2n) is 5.63. The van der Waals surface area contributed by atoms with E-state index in [1.54, 1.807) is 0 Å². The molecule has 0 spiro atoms. The molecule has 16 heavy (non-hydrogen) atoms. The van der Waals surface area contributed by atoms with Crippen LogP contribution in [0, 0.1) is 5.41 Å². The Bertz CT molecular complexity index is 325. The maximum atomic E-state index is 9.99. The van der Waals surface area contributed by atoms with Gasteiger partial charge in [0.05, 0.1) is 11.8 Å². The minimum absolute atomic E-state index is 0.0832. The van der Waals surface area contributed by atoms with Crippen LogP contribution in [0.5, 0.6) is 0 Å². The van der Waals surface area contributed by atoms with Crippen molar-refractivity contribution in [2.24, 2.45) is 5.41 Å². The monoisotopic (exact) mass is 224 g/mol. The van der Waals surface area contributed by atoms with Crippen LogP contribution in [0.3, 0.4) is 0 Å². The van der Waals surface area contributed by atoms with Crippen LogP contribution in [0.15, 0.2) is 12.3 Å². The van der Waals surface area contributed by atoms with E-state index in [9.17, 15) is 5.11 Å². The van der Waals surface area contributed by atoms with Crippen LogP contribution in [0.2, 0.25) is 0 Å². The van der Waals surface area contributed by atoms with Crippen molar-refractivity contribution < 1.29 is 5.11 Å². The normalized spacial score (nSPS) is 16.1. The van der Waals surface area contributed by atoms with E-state index in [0.717, 1.165) is 12.1 Å². The fourth-order valence-corrected chi connectivity index (χ4v) is 1.42. The SMILES string of the molecule is CCC(C)n1ccc(CC(O)C(C)(C)C)n1. The van der Waals surface area contributed by atoms with Crippen molar-refractivity contribution in [2.75, 3.05) is 0 Å². The molecule has 0 aliphatic rings. The lowest BCUT2D eigenvalue weighted by atomic mass is 9.86. The third-order valence-electron chi connectivity index (χ3n) is 3.11. The predicted octanol–water partition coefficient (Wildman–Crippen LogP) is 2.80. The second-order valence-corrected chi connectivity index (χ2v) is 5.63. The molecule has 0 saturated carbocycles. The first-order valence-electron chi connectivity index (χ1n) is 6.06. The molecule has 1 aromatic heterocycles. The molecule has 1 rings (SSSR count). The van der Waals surface area contributed by atoms with Gasteiger partial charge < -0.3 is 5.11 Å². The molecule has 1 heterocycles. The standard InChI is InChI=1S/C13H24N2O/c1-6-10(2)15-8-7-11(14-15)9-12(16)13(3,4)5/h7-8,10,12,16H,6,9H2,1-5H3. The molecule has 0 amide bonds. The van der Waals surface area contributed by atoms with E-state index in [4.69, 9.17) is 0 Å². The van der Waals surface area contributed by atoms with Crippen LogP contribution in [0.1, 0.15) is 52.8 Å². The second kappa shape index (κ2) is 5.00. The Balaban J connectivity index is 2.66. The minimum Gasteiger partial charge on any atom is -0.392 e. The van der Waals surface area contributed by atoms with Gasteiger partial charge in [0.15, 0.2) is 0 Å². The van der Waals surface area contributed by atoms with Crippen LogP contribution < -0.4 is 0 Å². The van der Waals surface area contributed by atoms with Gasteiger partial charge in [-0.3, -0.25) is 4.68 Å². The molecule has 0 fully saturated rings. The van der Waals surface area contributed by atoms with Gasteiger partial charge in [-0.15, -0.1) is 0 Å². The van der Waals surface area contributed by atoms with Crippen LogP contribution in [-0.4, -0.2) is 21.0 Å². The van der Waals surface area contributed by atoms with Crippen molar-refractivity contribution >= 4 is 0 Å². The molecule has 1 N–H and O–H groups in total. The quantitative estimate of drug-likeness (QED) is 0.854. The maximum Gasteiger partial charge on any atom is 0.0650 e. The van der Waals surface area contributed by atoms with Gasteiger partial charge in [0.2, 0.25) is 0 Å². The molecule has 2 atom stereocenters. The number of aliphatic hydroxyl groups is 1. The zero-order valence-corrected chi connectivity index (χ0v) is 11.1. The Morgan fingerprint density at radius 2 is 2.06 bits per heavy atom. The van der Waals surface area contributed by atoms with Gasteiger partial charge in [-0.05, 0) is 24.8 Å². The molecule has 2 unspecified atom stereocenters. The van der Waals surface area contributed by atoms with E-state index in [2.05, 4.69) is 18.9 Å². The van der Waals surface area contributed by atoms with E-state index in [1.165, 1.54) is 0 Å². The van der Waals surface area contributed by atoms with Crippen molar-refractivity contribution in [2.45, 2.75) is 59.6 Å². The molecule has 0 bridgehead atoms. The summed E-state index contributed by atoms with van der Waals surface area (Å²) in [5, 5.41) is 14.5. The molecule has 92 valence electrons. The third-order valence-corrected chi connectivity index (χ3v) is 3.11. The zero-order valence-electron chi connectivity index (χ0n) is 11.1. The van der Waals surface area contributed by atoms with Gasteiger partial charge >= 0.3 is 0 Å². The maximum absolute atomic E-state index is 9.99. The van der Waals surface area contributed by atoms with Crippen molar-refractivity contribution in [3.8, 4) is 0 Å². The third kappa shape index (κ3) is 3.34. The van der Waals surface area contributed by atoms with Gasteiger partial charge in [-0.2, -0.15) is 5.10 Å². The number of nitrogens with zero attached hydrogens (tertiary/aromatic N) is 2. The molecule has 1 aromatic rings. The highest BCUT2D eigenvalue weighted by Crippen LogP contribution is 2.22. The summed E-state index contributed by atoms with van der Waals surface area (Å²) >= 11 is 0.